The Labute approximate surface area is 163 Å². The first-order valence-corrected chi connectivity index (χ1v) is 8.79. The summed E-state index contributed by atoms with van der Waals surface area (Å²) in [5, 5.41) is 0. The number of nitrogens with zero attached hydrogens (tertiary/aromatic N) is 3. The van der Waals surface area contributed by atoms with Crippen LogP contribution in [0.5, 0.6) is 5.75 Å². The van der Waals surface area contributed by atoms with E-state index in [0.717, 1.165) is 22.6 Å². The molecule has 0 unspecified atom stereocenters. The quantitative estimate of drug-likeness (QED) is 0.728. The molecule has 146 valence electrons. The van der Waals surface area contributed by atoms with Crippen molar-refractivity contribution < 1.29 is 9.53 Å². The number of carbonyl (C=O) groups excluding carboxylic acids is 1. The van der Waals surface area contributed by atoms with Crippen LogP contribution in [0.3, 0.4) is 0 Å². The molecule has 0 bridgehead atoms. The summed E-state index contributed by atoms with van der Waals surface area (Å²) in [5.41, 5.74) is 19.6. The van der Waals surface area contributed by atoms with Gasteiger partial charge in [0.05, 0.1) is 0 Å². The smallest absolute Gasteiger partial charge is 0.248 e. The fourth-order valence-corrected chi connectivity index (χ4v) is 3.16. The number of aliphatic imine (C=N–C) groups is 2. The third kappa shape index (κ3) is 3.90. The minimum absolute atomic E-state index is 0.161. The lowest BCUT2D eigenvalue weighted by Gasteiger charge is -2.38. The zero-order chi connectivity index (χ0) is 20.5. The van der Waals surface area contributed by atoms with E-state index in [9.17, 15) is 4.79 Å². The van der Waals surface area contributed by atoms with Crippen molar-refractivity contribution in [2.24, 2.45) is 27.2 Å². The largest absolute Gasteiger partial charge is 0.489 e. The van der Waals surface area contributed by atoms with Crippen LogP contribution in [-0.2, 0) is 6.61 Å². The predicted octanol–water partition coefficient (Wildman–Crippen LogP) is 1.86. The molecule has 0 radical (unpaired) electrons. The van der Waals surface area contributed by atoms with Crippen LogP contribution in [0.1, 0.15) is 35.3 Å². The summed E-state index contributed by atoms with van der Waals surface area (Å²) in [4.78, 5) is 21.5. The first-order chi connectivity index (χ1) is 13.2. The molecule has 6 N–H and O–H groups in total. The van der Waals surface area contributed by atoms with Crippen molar-refractivity contribution in [1.82, 2.24) is 0 Å². The molecule has 0 aliphatic carbocycles. The minimum Gasteiger partial charge on any atom is -0.489 e. The van der Waals surface area contributed by atoms with Gasteiger partial charge in [-0.2, -0.15) is 4.99 Å². The van der Waals surface area contributed by atoms with Gasteiger partial charge in [0.15, 0.2) is 0 Å². The average Bonchev–Trinajstić information content (AvgIpc) is 2.59. The number of rotatable bonds is 5. The van der Waals surface area contributed by atoms with Crippen LogP contribution in [0.15, 0.2) is 52.4 Å². The number of hydrogen-bond acceptors (Lipinski definition) is 7. The van der Waals surface area contributed by atoms with Crippen LogP contribution in [-0.4, -0.2) is 23.5 Å². The number of guanidine groups is 2. The first kappa shape index (κ1) is 19.2. The first-order valence-electron chi connectivity index (χ1n) is 8.79. The summed E-state index contributed by atoms with van der Waals surface area (Å²) < 4.78 is 5.92. The molecule has 2 aromatic carbocycles. The molecule has 1 amide bonds. The Morgan fingerprint density at radius 2 is 1.93 bits per heavy atom. The van der Waals surface area contributed by atoms with Crippen molar-refractivity contribution in [3.05, 3.63) is 59.2 Å². The van der Waals surface area contributed by atoms with Crippen molar-refractivity contribution in [2.75, 3.05) is 4.90 Å². The highest BCUT2D eigenvalue weighted by atomic mass is 16.5. The van der Waals surface area contributed by atoms with Gasteiger partial charge in [-0.25, -0.2) is 4.99 Å². The highest BCUT2D eigenvalue weighted by Gasteiger charge is 2.33. The van der Waals surface area contributed by atoms with Crippen molar-refractivity contribution >= 4 is 23.5 Å². The van der Waals surface area contributed by atoms with Crippen LogP contribution >= 0.6 is 0 Å². The molecular weight excluding hydrogens is 356 g/mol. The SMILES string of the molecule is Cc1cc(N2C(N)=NC(N)=NC2(C)C)ccc1OCc1cccc(C(N)=O)c1. The number of nitrogens with two attached hydrogens (primary N) is 3. The predicted molar refractivity (Wildman–Crippen MR) is 110 cm³/mol. The van der Waals surface area contributed by atoms with Crippen LogP contribution in [0.4, 0.5) is 5.69 Å². The molecule has 1 heterocycles. The fraction of sp³-hybridized carbons (Fsp3) is 0.250. The van der Waals surface area contributed by atoms with Crippen LogP contribution < -0.4 is 26.8 Å². The van der Waals surface area contributed by atoms with E-state index in [-0.39, 0.29) is 11.9 Å². The maximum Gasteiger partial charge on any atom is 0.248 e. The molecular formula is C20H24N6O2. The molecule has 0 atom stereocenters. The highest BCUT2D eigenvalue weighted by Crippen LogP contribution is 2.31. The molecule has 8 heteroatoms. The Morgan fingerprint density at radius 1 is 1.18 bits per heavy atom. The number of anilines is 1. The van der Waals surface area contributed by atoms with Gasteiger partial charge >= 0.3 is 0 Å². The lowest BCUT2D eigenvalue weighted by atomic mass is 10.1. The second kappa shape index (κ2) is 7.22. The van der Waals surface area contributed by atoms with E-state index in [0.29, 0.717) is 12.2 Å². The van der Waals surface area contributed by atoms with E-state index in [1.54, 1.807) is 18.2 Å². The van der Waals surface area contributed by atoms with Crippen LogP contribution in [0, 0.1) is 6.92 Å². The fourth-order valence-electron chi connectivity index (χ4n) is 3.16. The molecule has 0 aromatic heterocycles. The van der Waals surface area contributed by atoms with Gasteiger partial charge < -0.3 is 21.9 Å². The topological polar surface area (TPSA) is 132 Å². The van der Waals surface area contributed by atoms with Gasteiger partial charge in [0.25, 0.3) is 0 Å². The van der Waals surface area contributed by atoms with Gasteiger partial charge in [0.1, 0.15) is 18.0 Å². The van der Waals surface area contributed by atoms with Gasteiger partial charge in [0.2, 0.25) is 17.8 Å². The van der Waals surface area contributed by atoms with E-state index >= 15 is 0 Å². The lowest BCUT2D eigenvalue weighted by Crippen LogP contribution is -2.54. The summed E-state index contributed by atoms with van der Waals surface area (Å²) in [6.07, 6.45) is 0. The van der Waals surface area contributed by atoms with Crippen molar-refractivity contribution in [3.63, 3.8) is 0 Å². The van der Waals surface area contributed by atoms with Gasteiger partial charge in [-0.3, -0.25) is 9.69 Å². The molecule has 1 aliphatic heterocycles. The normalized spacial score (nSPS) is 15.6. The van der Waals surface area contributed by atoms with Gasteiger partial charge in [-0.05, 0) is 62.2 Å². The van der Waals surface area contributed by atoms with E-state index in [1.807, 2.05) is 49.9 Å². The number of carbonyl (C=O) groups is 1. The number of aryl methyl sites for hydroxylation is 1. The van der Waals surface area contributed by atoms with E-state index in [1.165, 1.54) is 0 Å². The number of hydrogen-bond donors (Lipinski definition) is 3. The van der Waals surface area contributed by atoms with Gasteiger partial charge in [0, 0.05) is 11.3 Å². The third-order valence-electron chi connectivity index (χ3n) is 4.42. The molecule has 3 rings (SSSR count). The van der Waals surface area contributed by atoms with Crippen molar-refractivity contribution in [2.45, 2.75) is 33.0 Å². The molecule has 8 nitrogen and oxygen atoms in total. The monoisotopic (exact) mass is 380 g/mol. The highest BCUT2D eigenvalue weighted by molar-refractivity contribution is 6.05. The number of ether oxygens (including phenoxy) is 1. The zero-order valence-corrected chi connectivity index (χ0v) is 16.1. The standard InChI is InChI=1S/C20H24N6O2/c1-12-9-15(26-19(23)24-18(22)25-20(26,2)3)7-8-16(12)28-11-13-5-4-6-14(10-13)17(21)27/h4-10H,11H2,1-3H3,(H2,21,27)(H4,22,23,24,25). The Balaban J connectivity index is 1.79. The Kier molecular flexibility index (Phi) is 4.96. The molecule has 0 fully saturated rings. The zero-order valence-electron chi connectivity index (χ0n) is 16.1. The average molecular weight is 380 g/mol. The third-order valence-corrected chi connectivity index (χ3v) is 4.42. The van der Waals surface area contributed by atoms with Crippen LogP contribution in [0.2, 0.25) is 0 Å². The molecule has 2 aromatic rings. The van der Waals surface area contributed by atoms with E-state index in [2.05, 4.69) is 9.98 Å². The van der Waals surface area contributed by atoms with E-state index < -0.39 is 11.6 Å². The summed E-state index contributed by atoms with van der Waals surface area (Å²) in [6, 6.07) is 12.8. The van der Waals surface area contributed by atoms with Crippen molar-refractivity contribution in [1.29, 1.82) is 0 Å². The number of amides is 1. The summed E-state index contributed by atoms with van der Waals surface area (Å²) in [7, 11) is 0. The van der Waals surface area contributed by atoms with E-state index in [4.69, 9.17) is 21.9 Å². The Morgan fingerprint density at radius 3 is 2.57 bits per heavy atom. The second-order valence-corrected chi connectivity index (χ2v) is 7.07. The Bertz CT molecular complexity index is 980. The summed E-state index contributed by atoms with van der Waals surface area (Å²) >= 11 is 0. The van der Waals surface area contributed by atoms with Crippen LogP contribution in [0.25, 0.3) is 0 Å². The van der Waals surface area contributed by atoms with Gasteiger partial charge in [-0.1, -0.05) is 12.1 Å². The second-order valence-electron chi connectivity index (χ2n) is 7.07. The molecule has 28 heavy (non-hydrogen) atoms. The Hall–Kier alpha value is -3.55. The molecule has 0 spiro atoms. The molecule has 0 saturated carbocycles. The lowest BCUT2D eigenvalue weighted by molar-refractivity contribution is 0.1000. The number of primary amides is 1. The van der Waals surface area contributed by atoms with Crippen molar-refractivity contribution in [3.8, 4) is 5.75 Å². The molecule has 0 saturated heterocycles. The van der Waals surface area contributed by atoms with Gasteiger partial charge in [-0.15, -0.1) is 0 Å². The maximum absolute atomic E-state index is 11.3. The molecule has 1 aliphatic rings. The maximum atomic E-state index is 11.3. The summed E-state index contributed by atoms with van der Waals surface area (Å²) in [6.45, 7) is 6.08. The number of benzene rings is 2. The minimum atomic E-state index is -0.653. The summed E-state index contributed by atoms with van der Waals surface area (Å²) in [5.74, 6) is 0.707.